The van der Waals surface area contributed by atoms with Crippen LogP contribution in [0, 0.1) is 5.92 Å². The molecule has 9 nitrogen and oxygen atoms in total. The number of esters is 1. The van der Waals surface area contributed by atoms with Crippen LogP contribution in [0.25, 0.3) is 0 Å². The molecular formula is C32H43Cl2N3O6. The summed E-state index contributed by atoms with van der Waals surface area (Å²) in [6.45, 7) is 11.7. The van der Waals surface area contributed by atoms with Gasteiger partial charge >= 0.3 is 5.97 Å². The molecule has 2 aromatic carbocycles. The first-order chi connectivity index (χ1) is 20.1. The highest BCUT2D eigenvalue weighted by molar-refractivity contribution is 6.37. The van der Waals surface area contributed by atoms with Crippen LogP contribution >= 0.6 is 23.2 Å². The van der Waals surface area contributed by atoms with Gasteiger partial charge in [-0.3, -0.25) is 9.59 Å². The number of benzene rings is 2. The molecule has 0 aliphatic carbocycles. The minimum absolute atomic E-state index is 0.0280. The number of carbonyl (C=O) groups excluding carboxylic acids is 3. The summed E-state index contributed by atoms with van der Waals surface area (Å²) < 4.78 is 5.85. The van der Waals surface area contributed by atoms with E-state index in [1.54, 1.807) is 25.3 Å². The zero-order chi connectivity index (χ0) is 32.5. The van der Waals surface area contributed by atoms with Gasteiger partial charge in [0.05, 0.1) is 21.7 Å². The van der Waals surface area contributed by atoms with Crippen molar-refractivity contribution >= 4 is 41.0 Å². The molecule has 0 fully saturated rings. The lowest BCUT2D eigenvalue weighted by Gasteiger charge is -2.40. The van der Waals surface area contributed by atoms with Crippen molar-refractivity contribution in [3.8, 4) is 5.75 Å². The second kappa shape index (κ2) is 15.6. The largest absolute Gasteiger partial charge is 0.505 e. The monoisotopic (exact) mass is 635 g/mol. The van der Waals surface area contributed by atoms with Crippen molar-refractivity contribution in [3.63, 3.8) is 0 Å². The Morgan fingerprint density at radius 1 is 1.07 bits per heavy atom. The third kappa shape index (κ3) is 9.19. The van der Waals surface area contributed by atoms with Gasteiger partial charge in [0.15, 0.2) is 11.3 Å². The molecule has 2 amide bonds. The average Bonchev–Trinajstić information content (AvgIpc) is 2.95. The Balaban J connectivity index is 2.47. The van der Waals surface area contributed by atoms with Gasteiger partial charge in [-0.15, -0.1) is 6.58 Å². The van der Waals surface area contributed by atoms with Crippen molar-refractivity contribution in [1.29, 1.82) is 0 Å². The number of likely N-dealkylation sites (N-methyl/N-ethyl adjacent to an activating group) is 1. The molecule has 0 saturated heterocycles. The number of hydrogen-bond acceptors (Lipinski definition) is 7. The third-order valence-corrected chi connectivity index (χ3v) is 8.34. The quantitative estimate of drug-likeness (QED) is 0.139. The van der Waals surface area contributed by atoms with E-state index in [-0.39, 0.29) is 28.1 Å². The van der Waals surface area contributed by atoms with E-state index in [0.29, 0.717) is 18.4 Å². The Labute approximate surface area is 264 Å². The normalized spacial score (nSPS) is 15.7. The number of hydrogen-bond donors (Lipinski definition) is 5. The van der Waals surface area contributed by atoms with Crippen LogP contribution in [-0.2, 0) is 25.5 Å². The zero-order valence-electron chi connectivity index (χ0n) is 25.5. The first-order valence-corrected chi connectivity index (χ1v) is 14.9. The fourth-order valence-corrected chi connectivity index (χ4v) is 4.99. The van der Waals surface area contributed by atoms with Crippen molar-refractivity contribution in [3.05, 3.63) is 76.3 Å². The second-order valence-electron chi connectivity index (χ2n) is 11.3. The molecule has 0 heterocycles. The van der Waals surface area contributed by atoms with Crippen LogP contribution in [0.2, 0.25) is 10.0 Å². The number of nitrogens with one attached hydrogen (secondary N) is 3. The highest BCUT2D eigenvalue weighted by Crippen LogP contribution is 2.33. The Morgan fingerprint density at radius 3 is 2.14 bits per heavy atom. The number of rotatable bonds is 15. The molecule has 2 aromatic rings. The van der Waals surface area contributed by atoms with Crippen LogP contribution in [0.4, 0.5) is 0 Å². The molecular weight excluding hydrogens is 593 g/mol. The number of amides is 2. The van der Waals surface area contributed by atoms with E-state index in [0.717, 1.165) is 5.56 Å². The predicted molar refractivity (Wildman–Crippen MR) is 169 cm³/mol. The smallest absolute Gasteiger partial charge is 0.335 e. The third-order valence-electron chi connectivity index (χ3n) is 7.76. The van der Waals surface area contributed by atoms with Gasteiger partial charge in [0.25, 0.3) is 0 Å². The van der Waals surface area contributed by atoms with Crippen molar-refractivity contribution < 1.29 is 29.3 Å². The maximum absolute atomic E-state index is 13.9. The fourth-order valence-electron chi connectivity index (χ4n) is 4.46. The number of aliphatic hydroxyl groups is 1. The molecule has 0 bridgehead atoms. The SMILES string of the molecule is C=CCC(OC(=O)C(C)(NC(=O)C(Cc1cc(Cl)c(O)c(Cl)c1)NC(=O)[C@@H](NC)[C@@H](C)CC)C(C)(C)O)c1ccccc1. The number of phenols is 1. The summed E-state index contributed by atoms with van der Waals surface area (Å²) in [7, 11) is 1.65. The fraction of sp³-hybridized carbons (Fsp3) is 0.469. The summed E-state index contributed by atoms with van der Waals surface area (Å²) >= 11 is 12.2. The van der Waals surface area contributed by atoms with Crippen LogP contribution < -0.4 is 16.0 Å². The molecule has 236 valence electrons. The summed E-state index contributed by atoms with van der Waals surface area (Å²) in [6.07, 6.45) is 1.81. The van der Waals surface area contributed by atoms with Crippen LogP contribution in [0.1, 0.15) is 64.7 Å². The molecule has 0 aromatic heterocycles. The number of aromatic hydroxyl groups is 1. The lowest BCUT2D eigenvalue weighted by Crippen LogP contribution is -2.68. The lowest BCUT2D eigenvalue weighted by atomic mass is 9.83. The highest BCUT2D eigenvalue weighted by Gasteiger charge is 2.50. The molecule has 43 heavy (non-hydrogen) atoms. The first kappa shape index (κ1) is 36.1. The van der Waals surface area contributed by atoms with Gasteiger partial charge in [0.1, 0.15) is 12.1 Å². The van der Waals surface area contributed by atoms with Crippen molar-refractivity contribution in [2.24, 2.45) is 5.92 Å². The van der Waals surface area contributed by atoms with Crippen LogP contribution in [0.15, 0.2) is 55.1 Å². The Morgan fingerprint density at radius 2 is 1.65 bits per heavy atom. The van der Waals surface area contributed by atoms with Crippen LogP contribution in [-0.4, -0.2) is 58.3 Å². The van der Waals surface area contributed by atoms with Gasteiger partial charge < -0.3 is 30.9 Å². The molecule has 0 spiro atoms. The molecule has 5 N–H and O–H groups in total. The molecule has 0 aliphatic heterocycles. The number of phenolic OH excluding ortho intramolecular Hbond substituents is 1. The number of carbonyl (C=O) groups is 3. The van der Waals surface area contributed by atoms with E-state index in [2.05, 4.69) is 22.5 Å². The summed E-state index contributed by atoms with van der Waals surface area (Å²) in [4.78, 5) is 41.0. The second-order valence-corrected chi connectivity index (χ2v) is 12.1. The average molecular weight is 637 g/mol. The molecule has 0 saturated carbocycles. The molecule has 0 radical (unpaired) electrons. The van der Waals surface area contributed by atoms with E-state index in [1.165, 1.54) is 32.9 Å². The Hall–Kier alpha value is -3.11. The maximum atomic E-state index is 13.9. The van der Waals surface area contributed by atoms with Crippen LogP contribution in [0.3, 0.4) is 0 Å². The summed E-state index contributed by atoms with van der Waals surface area (Å²) in [5, 5.41) is 29.5. The molecule has 3 unspecified atom stereocenters. The van der Waals surface area contributed by atoms with Crippen molar-refractivity contribution in [1.82, 2.24) is 16.0 Å². The van der Waals surface area contributed by atoms with Gasteiger partial charge in [0, 0.05) is 12.8 Å². The van der Waals surface area contributed by atoms with Crippen LogP contribution in [0.5, 0.6) is 5.75 Å². The Bertz CT molecular complexity index is 1260. The van der Waals surface area contributed by atoms with E-state index in [1.807, 2.05) is 32.0 Å². The van der Waals surface area contributed by atoms with Crippen molar-refractivity contribution in [2.75, 3.05) is 7.05 Å². The van der Waals surface area contributed by atoms with E-state index in [4.69, 9.17) is 27.9 Å². The minimum Gasteiger partial charge on any atom is -0.505 e. The van der Waals surface area contributed by atoms with Crippen molar-refractivity contribution in [2.45, 2.75) is 83.2 Å². The van der Waals surface area contributed by atoms with Gasteiger partial charge in [-0.1, -0.05) is 79.9 Å². The van der Waals surface area contributed by atoms with E-state index in [9.17, 15) is 24.6 Å². The molecule has 0 aliphatic rings. The summed E-state index contributed by atoms with van der Waals surface area (Å²) in [6, 6.07) is 10.1. The summed E-state index contributed by atoms with van der Waals surface area (Å²) in [5.74, 6) is -2.43. The van der Waals surface area contributed by atoms with Gasteiger partial charge in [-0.25, -0.2) is 4.79 Å². The lowest BCUT2D eigenvalue weighted by molar-refractivity contribution is -0.169. The number of ether oxygens (including phenoxy) is 1. The van der Waals surface area contributed by atoms with Gasteiger partial charge in [-0.05, 0) is 57.0 Å². The van der Waals surface area contributed by atoms with Gasteiger partial charge in [0.2, 0.25) is 11.8 Å². The number of halogens is 2. The first-order valence-electron chi connectivity index (χ1n) is 14.1. The molecule has 2 rings (SSSR count). The van der Waals surface area contributed by atoms with E-state index >= 15 is 0 Å². The summed E-state index contributed by atoms with van der Waals surface area (Å²) in [5.41, 5.74) is -2.57. The molecule has 5 atom stereocenters. The van der Waals surface area contributed by atoms with Gasteiger partial charge in [-0.2, -0.15) is 0 Å². The van der Waals surface area contributed by atoms with E-state index < -0.39 is 47.1 Å². The standard InChI is InChI=1S/C32H43Cl2N3O6/c1-8-13-25(21-14-11-10-12-15-21)43-30(41)32(6,31(4,5)42)37-28(39)24(36-29(40)26(35-7)19(3)9-2)18-20-16-22(33)27(38)23(34)17-20/h8,10-12,14-17,19,24-26,35,38,42H,1,9,13,18H2,2-7H3,(H,36,40)(H,37,39)/t19-,24?,25?,26-,32?/m0/s1. The molecule has 11 heteroatoms. The minimum atomic E-state index is -1.94. The topological polar surface area (TPSA) is 137 Å². The zero-order valence-corrected chi connectivity index (χ0v) is 27.1. The predicted octanol–water partition coefficient (Wildman–Crippen LogP) is 4.87. The Kier molecular flexibility index (Phi) is 13.1. The highest BCUT2D eigenvalue weighted by atomic mass is 35.5. The maximum Gasteiger partial charge on any atom is 0.335 e.